The van der Waals surface area contributed by atoms with Crippen LogP contribution in [-0.2, 0) is 0 Å². The number of aromatic nitrogens is 1. The van der Waals surface area contributed by atoms with Crippen molar-refractivity contribution in [2.24, 2.45) is 0 Å². The lowest BCUT2D eigenvalue weighted by molar-refractivity contribution is 0.896. The van der Waals surface area contributed by atoms with Crippen LogP contribution in [0.4, 0.5) is 5.82 Å². The van der Waals surface area contributed by atoms with Crippen molar-refractivity contribution in [2.75, 3.05) is 17.6 Å². The van der Waals surface area contributed by atoms with Gasteiger partial charge in [-0.25, -0.2) is 4.98 Å². The van der Waals surface area contributed by atoms with Gasteiger partial charge in [0.05, 0.1) is 0 Å². The first-order chi connectivity index (χ1) is 6.86. The zero-order valence-corrected chi connectivity index (χ0v) is 9.73. The van der Waals surface area contributed by atoms with Gasteiger partial charge in [-0.1, -0.05) is 13.3 Å². The van der Waals surface area contributed by atoms with E-state index >= 15 is 0 Å². The summed E-state index contributed by atoms with van der Waals surface area (Å²) in [5.41, 5.74) is 0. The summed E-state index contributed by atoms with van der Waals surface area (Å²) in [4.78, 5) is 5.54. The quantitative estimate of drug-likeness (QED) is 0.575. The first kappa shape index (κ1) is 11.4. The van der Waals surface area contributed by atoms with E-state index < -0.39 is 0 Å². The fourth-order valence-electron chi connectivity index (χ4n) is 1.11. The Morgan fingerprint density at radius 2 is 2.29 bits per heavy atom. The number of hydrogen-bond donors (Lipinski definition) is 1. The van der Waals surface area contributed by atoms with E-state index in [1.54, 1.807) is 0 Å². The van der Waals surface area contributed by atoms with Gasteiger partial charge in [0.25, 0.3) is 0 Å². The highest BCUT2D eigenvalue weighted by Gasteiger charge is 1.96. The molecule has 1 rings (SSSR count). The molecule has 0 aliphatic heterocycles. The highest BCUT2D eigenvalue weighted by molar-refractivity contribution is 7.99. The van der Waals surface area contributed by atoms with E-state index in [0.29, 0.717) is 0 Å². The van der Waals surface area contributed by atoms with E-state index in [2.05, 4.69) is 36.3 Å². The lowest BCUT2D eigenvalue weighted by Gasteiger charge is -2.04. The lowest BCUT2D eigenvalue weighted by atomic mass is 10.4. The van der Waals surface area contributed by atoms with Crippen molar-refractivity contribution in [3.05, 3.63) is 18.3 Å². The van der Waals surface area contributed by atoms with Gasteiger partial charge < -0.3 is 5.32 Å². The van der Waals surface area contributed by atoms with Crippen LogP contribution in [0.15, 0.2) is 23.2 Å². The molecule has 3 heteroatoms. The summed E-state index contributed by atoms with van der Waals surface area (Å²) >= 11 is 1.91. The molecule has 1 N–H and O–H groups in total. The molecule has 0 saturated carbocycles. The maximum Gasteiger partial charge on any atom is 0.126 e. The molecule has 0 spiro atoms. The molecule has 2 nitrogen and oxygen atoms in total. The van der Waals surface area contributed by atoms with Gasteiger partial charge in [0.15, 0.2) is 0 Å². The summed E-state index contributed by atoms with van der Waals surface area (Å²) in [6.07, 6.45) is 4.41. The largest absolute Gasteiger partial charge is 0.370 e. The zero-order valence-electron chi connectivity index (χ0n) is 8.92. The van der Waals surface area contributed by atoms with Crippen molar-refractivity contribution in [1.82, 2.24) is 4.98 Å². The van der Waals surface area contributed by atoms with Crippen molar-refractivity contribution < 1.29 is 0 Å². The van der Waals surface area contributed by atoms with Crippen molar-refractivity contribution in [1.29, 1.82) is 0 Å². The smallest absolute Gasteiger partial charge is 0.126 e. The highest BCUT2D eigenvalue weighted by atomic mass is 32.2. The summed E-state index contributed by atoms with van der Waals surface area (Å²) in [5.74, 6) is 2.18. The Labute approximate surface area is 90.5 Å². The van der Waals surface area contributed by atoms with Gasteiger partial charge in [0, 0.05) is 17.6 Å². The van der Waals surface area contributed by atoms with Gasteiger partial charge >= 0.3 is 0 Å². The Morgan fingerprint density at radius 1 is 1.43 bits per heavy atom. The monoisotopic (exact) mass is 210 g/mol. The third kappa shape index (κ3) is 4.01. The van der Waals surface area contributed by atoms with Gasteiger partial charge in [-0.15, -0.1) is 11.8 Å². The van der Waals surface area contributed by atoms with Crippen LogP contribution in [0, 0.1) is 0 Å². The predicted octanol–water partition coefficient (Wildman–Crippen LogP) is 3.41. The zero-order chi connectivity index (χ0) is 10.2. The van der Waals surface area contributed by atoms with Crippen LogP contribution in [0.2, 0.25) is 0 Å². The Morgan fingerprint density at radius 3 is 3.00 bits per heavy atom. The summed E-state index contributed by atoms with van der Waals surface area (Å²) in [7, 11) is 0. The molecular formula is C11H18N2S. The minimum Gasteiger partial charge on any atom is -0.370 e. The van der Waals surface area contributed by atoms with E-state index in [1.165, 1.54) is 23.5 Å². The van der Waals surface area contributed by atoms with E-state index in [9.17, 15) is 0 Å². The predicted molar refractivity (Wildman–Crippen MR) is 64.0 cm³/mol. The molecule has 1 aromatic rings. The van der Waals surface area contributed by atoms with Gasteiger partial charge in [0.1, 0.15) is 5.82 Å². The molecule has 1 aromatic heterocycles. The second-order valence-electron chi connectivity index (χ2n) is 3.11. The van der Waals surface area contributed by atoms with Crippen molar-refractivity contribution in [3.63, 3.8) is 0 Å². The van der Waals surface area contributed by atoms with E-state index in [4.69, 9.17) is 0 Å². The maximum absolute atomic E-state index is 4.23. The minimum absolute atomic E-state index is 0.927. The standard InChI is InChI=1S/C11H18N2S/c1-3-5-8-14-10-6-7-13-11(9-10)12-4-2/h6-7,9H,3-5,8H2,1-2H3,(H,12,13). The number of nitrogens with one attached hydrogen (secondary N) is 1. The average molecular weight is 210 g/mol. The van der Waals surface area contributed by atoms with E-state index in [1.807, 2.05) is 18.0 Å². The molecule has 0 aliphatic carbocycles. The summed E-state index contributed by atoms with van der Waals surface area (Å²) in [5, 5.41) is 3.21. The normalized spacial score (nSPS) is 10.1. The molecule has 1 heterocycles. The van der Waals surface area contributed by atoms with Crippen molar-refractivity contribution in [3.8, 4) is 0 Å². The van der Waals surface area contributed by atoms with Crippen LogP contribution >= 0.6 is 11.8 Å². The number of hydrogen-bond acceptors (Lipinski definition) is 3. The van der Waals surface area contributed by atoms with Crippen LogP contribution in [-0.4, -0.2) is 17.3 Å². The Bertz CT molecular complexity index is 263. The first-order valence-electron chi connectivity index (χ1n) is 5.19. The number of rotatable bonds is 6. The van der Waals surface area contributed by atoms with Gasteiger partial charge in [-0.05, 0) is 31.2 Å². The second kappa shape index (κ2) is 6.71. The number of nitrogens with zero attached hydrogens (tertiary/aromatic N) is 1. The molecule has 0 radical (unpaired) electrons. The van der Waals surface area contributed by atoms with Gasteiger partial charge in [-0.3, -0.25) is 0 Å². The summed E-state index contributed by atoms with van der Waals surface area (Å²) in [6, 6.07) is 4.19. The molecule has 0 fully saturated rings. The van der Waals surface area contributed by atoms with Crippen LogP contribution in [0.1, 0.15) is 26.7 Å². The van der Waals surface area contributed by atoms with Crippen LogP contribution < -0.4 is 5.32 Å². The number of anilines is 1. The maximum atomic E-state index is 4.23. The van der Waals surface area contributed by atoms with E-state index in [-0.39, 0.29) is 0 Å². The lowest BCUT2D eigenvalue weighted by Crippen LogP contribution is -1.98. The van der Waals surface area contributed by atoms with E-state index in [0.717, 1.165) is 12.4 Å². The Kier molecular flexibility index (Phi) is 5.45. The van der Waals surface area contributed by atoms with Gasteiger partial charge in [0.2, 0.25) is 0 Å². The van der Waals surface area contributed by atoms with Crippen LogP contribution in [0.3, 0.4) is 0 Å². The SMILES string of the molecule is CCCCSc1ccnc(NCC)c1. The Hall–Kier alpha value is -0.700. The second-order valence-corrected chi connectivity index (χ2v) is 4.28. The fourth-order valence-corrected chi connectivity index (χ4v) is 2.13. The number of thioether (sulfide) groups is 1. The topological polar surface area (TPSA) is 24.9 Å². The summed E-state index contributed by atoms with van der Waals surface area (Å²) in [6.45, 7) is 5.23. The minimum atomic E-state index is 0.927. The van der Waals surface area contributed by atoms with Crippen LogP contribution in [0.5, 0.6) is 0 Å². The Balaban J connectivity index is 2.46. The first-order valence-corrected chi connectivity index (χ1v) is 6.18. The summed E-state index contributed by atoms with van der Waals surface area (Å²) < 4.78 is 0. The molecule has 0 saturated heterocycles. The third-order valence-electron chi connectivity index (χ3n) is 1.86. The molecule has 0 bridgehead atoms. The van der Waals surface area contributed by atoms with Gasteiger partial charge in [-0.2, -0.15) is 0 Å². The molecule has 0 unspecified atom stereocenters. The fraction of sp³-hybridized carbons (Fsp3) is 0.545. The molecule has 78 valence electrons. The molecule has 0 aromatic carbocycles. The third-order valence-corrected chi connectivity index (χ3v) is 2.94. The van der Waals surface area contributed by atoms with Crippen molar-refractivity contribution >= 4 is 17.6 Å². The highest BCUT2D eigenvalue weighted by Crippen LogP contribution is 2.20. The molecule has 0 atom stereocenters. The van der Waals surface area contributed by atoms with Crippen molar-refractivity contribution in [2.45, 2.75) is 31.6 Å². The average Bonchev–Trinajstić information content (AvgIpc) is 2.19. The molecule has 14 heavy (non-hydrogen) atoms. The van der Waals surface area contributed by atoms with Crippen LogP contribution in [0.25, 0.3) is 0 Å². The molecule has 0 amide bonds. The number of unbranched alkanes of at least 4 members (excludes halogenated alkanes) is 1. The number of pyridine rings is 1. The molecular weight excluding hydrogens is 192 g/mol. The molecule has 0 aliphatic rings.